The molecule has 0 radical (unpaired) electrons. The molecule has 0 saturated carbocycles. The Labute approximate surface area is 110 Å². The molecule has 1 aromatic carbocycles. The molecule has 1 amide bonds. The van der Waals surface area contributed by atoms with Gasteiger partial charge in [-0.2, -0.15) is 0 Å². The molecular weight excluding hydrogens is 222 g/mol. The van der Waals surface area contributed by atoms with Gasteiger partial charge in [0.1, 0.15) is 0 Å². The second kappa shape index (κ2) is 5.13. The summed E-state index contributed by atoms with van der Waals surface area (Å²) in [5.41, 5.74) is 4.37. The van der Waals surface area contributed by atoms with Crippen LogP contribution in [0.1, 0.15) is 50.3 Å². The maximum atomic E-state index is 11.5. The predicted molar refractivity (Wildman–Crippen MR) is 74.8 cm³/mol. The number of fused-ring (bicyclic) bond motifs is 1. The molecule has 2 heteroatoms. The Hall–Kier alpha value is -1.31. The molecule has 1 aliphatic rings. The average Bonchev–Trinajstić information content (AvgIpc) is 2.34. The summed E-state index contributed by atoms with van der Waals surface area (Å²) in [6.45, 7) is 7.56. The summed E-state index contributed by atoms with van der Waals surface area (Å²) in [6.07, 6.45) is 3.57. The standard InChI is InChI=1S/C16H23NO/c1-4-16(2,3)14-7-5-12-9-10-17-15(18)8-6-13(12)11-14/h5,7,11H,4,6,8-10H2,1-3H3,(H,17,18). The number of hydrogen-bond donors (Lipinski definition) is 1. The Kier molecular flexibility index (Phi) is 3.74. The van der Waals surface area contributed by atoms with Gasteiger partial charge in [0.25, 0.3) is 0 Å². The van der Waals surface area contributed by atoms with E-state index < -0.39 is 0 Å². The molecule has 0 fully saturated rings. The fourth-order valence-electron chi connectivity index (χ4n) is 2.40. The van der Waals surface area contributed by atoms with Gasteiger partial charge in [-0.15, -0.1) is 0 Å². The summed E-state index contributed by atoms with van der Waals surface area (Å²) < 4.78 is 0. The predicted octanol–water partition coefficient (Wildman–Crippen LogP) is 2.98. The van der Waals surface area contributed by atoms with E-state index in [1.54, 1.807) is 0 Å². The Morgan fingerprint density at radius 2 is 1.94 bits per heavy atom. The van der Waals surface area contributed by atoms with Crippen molar-refractivity contribution in [3.63, 3.8) is 0 Å². The molecule has 0 aliphatic carbocycles. The van der Waals surface area contributed by atoms with E-state index in [0.717, 1.165) is 25.8 Å². The highest BCUT2D eigenvalue weighted by Crippen LogP contribution is 2.29. The van der Waals surface area contributed by atoms with Crippen molar-refractivity contribution in [2.75, 3.05) is 6.54 Å². The Morgan fingerprint density at radius 1 is 1.17 bits per heavy atom. The first kappa shape index (κ1) is 13.1. The van der Waals surface area contributed by atoms with Crippen LogP contribution in [-0.4, -0.2) is 12.5 Å². The van der Waals surface area contributed by atoms with E-state index >= 15 is 0 Å². The third-order valence-corrected chi connectivity index (χ3v) is 4.21. The zero-order valence-electron chi connectivity index (χ0n) is 11.7. The van der Waals surface area contributed by atoms with Crippen LogP contribution in [0.5, 0.6) is 0 Å². The number of aryl methyl sites for hydroxylation is 1. The number of carbonyl (C=O) groups excluding carboxylic acids is 1. The molecule has 0 unspecified atom stereocenters. The first-order valence-electron chi connectivity index (χ1n) is 6.92. The van der Waals surface area contributed by atoms with Gasteiger partial charge in [-0.1, -0.05) is 39.0 Å². The molecule has 1 N–H and O–H groups in total. The molecule has 98 valence electrons. The van der Waals surface area contributed by atoms with Crippen LogP contribution in [-0.2, 0) is 23.1 Å². The van der Waals surface area contributed by atoms with E-state index in [1.165, 1.54) is 16.7 Å². The van der Waals surface area contributed by atoms with Crippen molar-refractivity contribution in [1.82, 2.24) is 5.32 Å². The fourth-order valence-corrected chi connectivity index (χ4v) is 2.40. The van der Waals surface area contributed by atoms with Crippen molar-refractivity contribution in [1.29, 1.82) is 0 Å². The largest absolute Gasteiger partial charge is 0.356 e. The molecule has 1 aromatic rings. The number of carbonyl (C=O) groups is 1. The summed E-state index contributed by atoms with van der Waals surface area (Å²) in [4.78, 5) is 11.5. The lowest BCUT2D eigenvalue weighted by Crippen LogP contribution is -2.28. The first-order chi connectivity index (χ1) is 8.53. The number of nitrogens with one attached hydrogen (secondary N) is 1. The van der Waals surface area contributed by atoms with Crippen LogP contribution in [0.4, 0.5) is 0 Å². The van der Waals surface area contributed by atoms with Crippen LogP contribution in [0.25, 0.3) is 0 Å². The van der Waals surface area contributed by atoms with E-state index in [2.05, 4.69) is 44.3 Å². The van der Waals surface area contributed by atoms with Crippen molar-refractivity contribution in [3.05, 3.63) is 34.9 Å². The van der Waals surface area contributed by atoms with Crippen LogP contribution < -0.4 is 5.32 Å². The summed E-state index contributed by atoms with van der Waals surface area (Å²) in [5, 5.41) is 2.94. The SMILES string of the molecule is CCC(C)(C)c1ccc2c(c1)CCC(=O)NCC2. The van der Waals surface area contributed by atoms with Gasteiger partial charge in [-0.05, 0) is 41.4 Å². The number of amides is 1. The van der Waals surface area contributed by atoms with Gasteiger partial charge in [0, 0.05) is 13.0 Å². The van der Waals surface area contributed by atoms with Crippen LogP contribution in [0, 0.1) is 0 Å². The van der Waals surface area contributed by atoms with Gasteiger partial charge in [0.05, 0.1) is 0 Å². The zero-order valence-corrected chi connectivity index (χ0v) is 11.7. The normalized spacial score (nSPS) is 16.5. The van der Waals surface area contributed by atoms with E-state index in [4.69, 9.17) is 0 Å². The van der Waals surface area contributed by atoms with E-state index in [-0.39, 0.29) is 11.3 Å². The van der Waals surface area contributed by atoms with Crippen molar-refractivity contribution >= 4 is 5.91 Å². The van der Waals surface area contributed by atoms with Gasteiger partial charge >= 0.3 is 0 Å². The lowest BCUT2D eigenvalue weighted by molar-refractivity contribution is -0.121. The summed E-state index contributed by atoms with van der Waals surface area (Å²) in [5.74, 6) is 0.181. The number of benzene rings is 1. The minimum absolute atomic E-state index is 0.181. The third-order valence-electron chi connectivity index (χ3n) is 4.21. The van der Waals surface area contributed by atoms with Crippen LogP contribution in [0.2, 0.25) is 0 Å². The first-order valence-corrected chi connectivity index (χ1v) is 6.92. The quantitative estimate of drug-likeness (QED) is 0.852. The maximum Gasteiger partial charge on any atom is 0.220 e. The van der Waals surface area contributed by atoms with E-state index in [9.17, 15) is 4.79 Å². The summed E-state index contributed by atoms with van der Waals surface area (Å²) in [7, 11) is 0. The molecule has 1 heterocycles. The van der Waals surface area contributed by atoms with E-state index in [0.29, 0.717) is 6.42 Å². The second-order valence-corrected chi connectivity index (χ2v) is 5.82. The minimum atomic E-state index is 0.181. The van der Waals surface area contributed by atoms with Crippen molar-refractivity contribution in [3.8, 4) is 0 Å². The molecule has 0 bridgehead atoms. The maximum absolute atomic E-state index is 11.5. The molecule has 0 aromatic heterocycles. The van der Waals surface area contributed by atoms with E-state index in [1.807, 2.05) is 0 Å². The lowest BCUT2D eigenvalue weighted by Gasteiger charge is -2.25. The van der Waals surface area contributed by atoms with Crippen LogP contribution >= 0.6 is 0 Å². The zero-order chi connectivity index (χ0) is 13.2. The molecule has 1 aliphatic heterocycles. The topological polar surface area (TPSA) is 29.1 Å². The highest BCUT2D eigenvalue weighted by Gasteiger charge is 2.20. The summed E-state index contributed by atoms with van der Waals surface area (Å²) >= 11 is 0. The molecule has 2 nitrogen and oxygen atoms in total. The number of rotatable bonds is 2. The molecule has 0 atom stereocenters. The summed E-state index contributed by atoms with van der Waals surface area (Å²) in [6, 6.07) is 6.82. The average molecular weight is 245 g/mol. The lowest BCUT2D eigenvalue weighted by atomic mass is 9.80. The molecule has 2 rings (SSSR count). The Balaban J connectivity index is 2.32. The Bertz CT molecular complexity index is 448. The van der Waals surface area contributed by atoms with Crippen molar-refractivity contribution in [2.45, 2.75) is 51.9 Å². The van der Waals surface area contributed by atoms with Gasteiger partial charge in [0.15, 0.2) is 0 Å². The van der Waals surface area contributed by atoms with Crippen LogP contribution in [0.3, 0.4) is 0 Å². The molecule has 0 saturated heterocycles. The van der Waals surface area contributed by atoms with Crippen molar-refractivity contribution < 1.29 is 4.79 Å². The Morgan fingerprint density at radius 3 is 2.67 bits per heavy atom. The smallest absolute Gasteiger partial charge is 0.220 e. The van der Waals surface area contributed by atoms with Gasteiger partial charge in [-0.3, -0.25) is 4.79 Å². The molecule has 0 spiro atoms. The van der Waals surface area contributed by atoms with Gasteiger partial charge in [-0.25, -0.2) is 0 Å². The molecule has 18 heavy (non-hydrogen) atoms. The second-order valence-electron chi connectivity index (χ2n) is 5.82. The van der Waals surface area contributed by atoms with Gasteiger partial charge in [0.2, 0.25) is 5.91 Å². The highest BCUT2D eigenvalue weighted by atomic mass is 16.1. The fraction of sp³-hybridized carbons (Fsp3) is 0.562. The van der Waals surface area contributed by atoms with Crippen LogP contribution in [0.15, 0.2) is 18.2 Å². The van der Waals surface area contributed by atoms with Gasteiger partial charge < -0.3 is 5.32 Å². The minimum Gasteiger partial charge on any atom is -0.356 e. The monoisotopic (exact) mass is 245 g/mol. The van der Waals surface area contributed by atoms with Crippen molar-refractivity contribution in [2.24, 2.45) is 0 Å². The highest BCUT2D eigenvalue weighted by molar-refractivity contribution is 5.76. The third kappa shape index (κ3) is 2.74. The molecular formula is C16H23NO. The number of hydrogen-bond acceptors (Lipinski definition) is 1.